The molecule has 1 amide bonds. The second-order valence-electron chi connectivity index (χ2n) is 10.4. The van der Waals surface area contributed by atoms with E-state index in [1.165, 1.54) is 23.9 Å². The molecule has 1 aliphatic rings. The molecular formula is C32H40F3N5O. The van der Waals surface area contributed by atoms with E-state index in [0.29, 0.717) is 34.8 Å². The van der Waals surface area contributed by atoms with Gasteiger partial charge < -0.3 is 10.6 Å². The number of piperidine rings is 1. The van der Waals surface area contributed by atoms with Crippen LogP contribution in [0, 0.1) is 6.92 Å². The molecule has 0 aliphatic carbocycles. The summed E-state index contributed by atoms with van der Waals surface area (Å²) in [6.07, 6.45) is 0.807. The molecular weight excluding hydrogens is 527 g/mol. The minimum Gasteiger partial charge on any atom is -0.384 e. The number of pyridine rings is 2. The molecule has 0 atom stereocenters. The van der Waals surface area contributed by atoms with E-state index in [-0.39, 0.29) is 17.3 Å². The number of amides is 1. The van der Waals surface area contributed by atoms with E-state index in [0.717, 1.165) is 31.5 Å². The number of aromatic nitrogens is 2. The normalized spacial score (nSPS) is 14.8. The molecule has 0 saturated carbocycles. The summed E-state index contributed by atoms with van der Waals surface area (Å²) in [4.78, 5) is 24.0. The molecule has 0 bridgehead atoms. The summed E-state index contributed by atoms with van der Waals surface area (Å²) in [6, 6.07) is 12.2. The number of nitrogens with two attached hydrogens (primary N) is 1. The highest BCUT2D eigenvalue weighted by atomic mass is 19.4. The lowest BCUT2D eigenvalue weighted by atomic mass is 9.88. The summed E-state index contributed by atoms with van der Waals surface area (Å²) in [6.45, 7) is 10.3. The van der Waals surface area contributed by atoms with Crippen LogP contribution in [0.15, 0.2) is 54.2 Å². The van der Waals surface area contributed by atoms with Crippen molar-refractivity contribution >= 4 is 17.8 Å². The lowest BCUT2D eigenvalue weighted by Crippen LogP contribution is -2.34. The van der Waals surface area contributed by atoms with Crippen LogP contribution in [-0.4, -0.2) is 59.4 Å². The Labute approximate surface area is 241 Å². The topological polar surface area (TPSA) is 75.3 Å². The Hall–Kier alpha value is -3.72. The number of hydrogen-bond acceptors (Lipinski definition) is 5. The maximum absolute atomic E-state index is 13.8. The predicted molar refractivity (Wildman–Crippen MR) is 159 cm³/mol. The van der Waals surface area contributed by atoms with Crippen molar-refractivity contribution in [1.82, 2.24) is 19.8 Å². The zero-order chi connectivity index (χ0) is 30.3. The Balaban J connectivity index is 0.00000226. The van der Waals surface area contributed by atoms with Gasteiger partial charge in [0.2, 0.25) is 0 Å². The van der Waals surface area contributed by atoms with Gasteiger partial charge in [0.05, 0.1) is 0 Å². The van der Waals surface area contributed by atoms with Gasteiger partial charge in [0.1, 0.15) is 5.82 Å². The van der Waals surface area contributed by atoms with Crippen molar-refractivity contribution in [3.8, 4) is 11.1 Å². The summed E-state index contributed by atoms with van der Waals surface area (Å²) in [5.41, 5.74) is 9.24. The van der Waals surface area contributed by atoms with Crippen LogP contribution in [0.5, 0.6) is 0 Å². The Morgan fingerprint density at radius 3 is 2.27 bits per heavy atom. The molecule has 9 heteroatoms. The second-order valence-corrected chi connectivity index (χ2v) is 10.4. The van der Waals surface area contributed by atoms with Gasteiger partial charge in [0, 0.05) is 49.2 Å². The highest BCUT2D eigenvalue weighted by Crippen LogP contribution is 2.38. The van der Waals surface area contributed by atoms with Crippen molar-refractivity contribution in [1.29, 1.82) is 0 Å². The number of nitrogens with zero attached hydrogens (tertiary/aromatic N) is 4. The van der Waals surface area contributed by atoms with Gasteiger partial charge in [0.25, 0.3) is 5.91 Å². The zero-order valence-electron chi connectivity index (χ0n) is 24.7. The molecule has 220 valence electrons. The lowest BCUT2D eigenvalue weighted by Gasteiger charge is -2.32. The summed E-state index contributed by atoms with van der Waals surface area (Å²) in [5.74, 6) is 0.250. The monoisotopic (exact) mass is 567 g/mol. The van der Waals surface area contributed by atoms with E-state index in [4.69, 9.17) is 5.73 Å². The fourth-order valence-electron chi connectivity index (χ4n) is 5.13. The van der Waals surface area contributed by atoms with Gasteiger partial charge >= 0.3 is 6.18 Å². The van der Waals surface area contributed by atoms with Crippen molar-refractivity contribution in [3.05, 3.63) is 82.3 Å². The van der Waals surface area contributed by atoms with Crippen molar-refractivity contribution in [2.45, 2.75) is 52.6 Å². The fourth-order valence-corrected chi connectivity index (χ4v) is 5.13. The van der Waals surface area contributed by atoms with E-state index >= 15 is 0 Å². The van der Waals surface area contributed by atoms with Gasteiger partial charge in [-0.2, -0.15) is 13.2 Å². The van der Waals surface area contributed by atoms with E-state index in [1.807, 2.05) is 39.0 Å². The van der Waals surface area contributed by atoms with Gasteiger partial charge in [0.15, 0.2) is 5.69 Å². The minimum absolute atomic E-state index is 0.00655. The van der Waals surface area contributed by atoms with Crippen LogP contribution >= 0.6 is 0 Å². The number of benzene rings is 1. The Morgan fingerprint density at radius 2 is 1.68 bits per heavy atom. The Morgan fingerprint density at radius 1 is 1.05 bits per heavy atom. The van der Waals surface area contributed by atoms with Gasteiger partial charge in [-0.05, 0) is 87.2 Å². The summed E-state index contributed by atoms with van der Waals surface area (Å²) in [7, 11) is 3.49. The minimum atomic E-state index is -4.63. The number of carbonyl (C=O) groups excluding carboxylic acids is 1. The fraction of sp³-hybridized carbons (Fsp3) is 0.406. The van der Waals surface area contributed by atoms with E-state index in [1.54, 1.807) is 32.0 Å². The number of carbonyl (C=O) groups is 1. The average molecular weight is 568 g/mol. The third-order valence-corrected chi connectivity index (χ3v) is 7.15. The number of likely N-dealkylation sites (tertiary alicyclic amines) is 1. The number of anilines is 1. The first-order valence-electron chi connectivity index (χ1n) is 13.9. The number of halogens is 3. The number of hydrogen-bond donors (Lipinski definition) is 1. The predicted octanol–water partition coefficient (Wildman–Crippen LogP) is 7.06. The third-order valence-electron chi connectivity index (χ3n) is 7.15. The Kier molecular flexibility index (Phi) is 10.7. The number of nitrogen functional groups attached to an aromatic ring is 1. The highest BCUT2D eigenvalue weighted by Gasteiger charge is 2.36. The molecule has 1 aromatic carbocycles. The number of alkyl halides is 3. The van der Waals surface area contributed by atoms with E-state index in [2.05, 4.69) is 27.0 Å². The maximum Gasteiger partial charge on any atom is 0.434 e. The van der Waals surface area contributed by atoms with Crippen LogP contribution in [0.25, 0.3) is 17.2 Å². The molecule has 0 unspecified atom stereocenters. The third kappa shape index (κ3) is 7.94. The van der Waals surface area contributed by atoms with Crippen LogP contribution in [0.1, 0.15) is 72.4 Å². The molecule has 0 spiro atoms. The maximum atomic E-state index is 13.8. The molecule has 6 nitrogen and oxygen atoms in total. The molecule has 3 heterocycles. The summed E-state index contributed by atoms with van der Waals surface area (Å²) < 4.78 is 41.4. The first-order valence-corrected chi connectivity index (χ1v) is 13.9. The molecule has 3 aromatic rings. The van der Waals surface area contributed by atoms with Crippen LogP contribution in [0.2, 0.25) is 0 Å². The van der Waals surface area contributed by atoms with Gasteiger partial charge in [-0.3, -0.25) is 14.7 Å². The Bertz CT molecular complexity index is 1360. The molecule has 1 aliphatic heterocycles. The SMILES string of the molecule is C/C(=C\c1c(-c2ccc(N)nc2C(F)(F)F)ccnc1C)CN1CCC(c2ccc(C(=O)N(C)C)cc2)CC1.CC. The van der Waals surface area contributed by atoms with Crippen molar-refractivity contribution in [2.24, 2.45) is 0 Å². The highest BCUT2D eigenvalue weighted by molar-refractivity contribution is 5.93. The van der Waals surface area contributed by atoms with E-state index in [9.17, 15) is 18.0 Å². The molecule has 1 fully saturated rings. The zero-order valence-corrected chi connectivity index (χ0v) is 24.7. The molecule has 1 saturated heterocycles. The van der Waals surface area contributed by atoms with Crippen LogP contribution in [-0.2, 0) is 6.18 Å². The molecule has 2 aromatic heterocycles. The van der Waals surface area contributed by atoms with Crippen molar-refractivity contribution in [3.63, 3.8) is 0 Å². The quantitative estimate of drug-likeness (QED) is 0.345. The molecule has 41 heavy (non-hydrogen) atoms. The van der Waals surface area contributed by atoms with Gasteiger partial charge in [-0.25, -0.2) is 4.98 Å². The van der Waals surface area contributed by atoms with Crippen LogP contribution < -0.4 is 5.73 Å². The van der Waals surface area contributed by atoms with Gasteiger partial charge in [-0.15, -0.1) is 0 Å². The second kappa shape index (κ2) is 13.8. The molecule has 4 rings (SSSR count). The smallest absolute Gasteiger partial charge is 0.384 e. The first kappa shape index (κ1) is 31.8. The van der Waals surface area contributed by atoms with Crippen molar-refractivity contribution < 1.29 is 18.0 Å². The largest absolute Gasteiger partial charge is 0.434 e. The van der Waals surface area contributed by atoms with Gasteiger partial charge in [-0.1, -0.05) is 37.6 Å². The van der Waals surface area contributed by atoms with Crippen LogP contribution in [0.4, 0.5) is 19.0 Å². The first-order chi connectivity index (χ1) is 19.4. The molecule has 2 N–H and O–H groups in total. The standard InChI is InChI=1S/C30H34F3N5O.C2H6/c1-19(18-38-15-12-22(13-16-38)21-5-7-23(8-6-21)29(39)37(3)4)17-26-20(2)35-14-11-24(26)25-9-10-27(34)36-28(25)30(31,32)33;1-2/h5-11,14,17,22H,12-13,15-16,18H2,1-4H3,(H2,34,36);1-2H3/b19-17+;. The average Bonchev–Trinajstić information content (AvgIpc) is 2.95. The van der Waals surface area contributed by atoms with Crippen LogP contribution in [0.3, 0.4) is 0 Å². The summed E-state index contributed by atoms with van der Waals surface area (Å²) in [5, 5.41) is 0. The van der Waals surface area contributed by atoms with Crippen molar-refractivity contribution in [2.75, 3.05) is 39.5 Å². The lowest BCUT2D eigenvalue weighted by molar-refractivity contribution is -0.140. The van der Waals surface area contributed by atoms with E-state index < -0.39 is 11.9 Å². The summed E-state index contributed by atoms with van der Waals surface area (Å²) >= 11 is 0. The number of rotatable bonds is 6. The number of aryl methyl sites for hydroxylation is 1. The molecule has 0 radical (unpaired) electrons.